The largest absolute Gasteiger partial charge is 0.366 e. The third-order valence-electron chi connectivity index (χ3n) is 4.23. The third-order valence-corrected chi connectivity index (χ3v) is 4.54. The highest BCUT2D eigenvalue weighted by atomic mass is 35.5. The van der Waals surface area contributed by atoms with Gasteiger partial charge >= 0.3 is 0 Å². The molecule has 7 heteroatoms. The van der Waals surface area contributed by atoms with E-state index in [1.54, 1.807) is 29.2 Å². The van der Waals surface area contributed by atoms with E-state index in [4.69, 9.17) is 17.3 Å². The van der Waals surface area contributed by atoms with E-state index in [-0.39, 0.29) is 22.4 Å². The second-order valence-corrected chi connectivity index (χ2v) is 6.54. The Bertz CT molecular complexity index is 882. The molecule has 3 N–H and O–H groups in total. The molecule has 1 saturated heterocycles. The molecular weight excluding hydrogens is 354 g/mol. The van der Waals surface area contributed by atoms with Crippen LogP contribution in [0.15, 0.2) is 42.5 Å². The van der Waals surface area contributed by atoms with Crippen LogP contribution in [0.1, 0.15) is 39.1 Å². The predicted molar refractivity (Wildman–Crippen MR) is 99.0 cm³/mol. The van der Waals surface area contributed by atoms with Gasteiger partial charge in [-0.3, -0.25) is 14.4 Å². The molecule has 134 valence electrons. The quantitative estimate of drug-likeness (QED) is 0.846. The number of anilines is 1. The van der Waals surface area contributed by atoms with Crippen molar-refractivity contribution in [2.45, 2.75) is 19.4 Å². The molecular formula is C19H18ClN3O3. The summed E-state index contributed by atoms with van der Waals surface area (Å²) in [6, 6.07) is 11.7. The highest BCUT2D eigenvalue weighted by molar-refractivity contribution is 6.34. The lowest BCUT2D eigenvalue weighted by Crippen LogP contribution is -2.24. The van der Waals surface area contributed by atoms with Crippen LogP contribution in [-0.4, -0.2) is 29.2 Å². The zero-order valence-electron chi connectivity index (χ0n) is 14.0. The molecule has 0 saturated carbocycles. The Kier molecular flexibility index (Phi) is 5.23. The fourth-order valence-electron chi connectivity index (χ4n) is 2.90. The summed E-state index contributed by atoms with van der Waals surface area (Å²) in [5.41, 5.74) is 7.25. The van der Waals surface area contributed by atoms with Crippen molar-refractivity contribution in [2.75, 3.05) is 11.9 Å². The highest BCUT2D eigenvalue weighted by Crippen LogP contribution is 2.21. The number of likely N-dealkylation sites (tertiary alicyclic amines) is 1. The van der Waals surface area contributed by atoms with Crippen molar-refractivity contribution in [1.82, 2.24) is 4.90 Å². The highest BCUT2D eigenvalue weighted by Gasteiger charge is 2.20. The minimum atomic E-state index is -0.628. The Morgan fingerprint density at radius 1 is 1.19 bits per heavy atom. The first-order chi connectivity index (χ1) is 12.4. The van der Waals surface area contributed by atoms with E-state index in [1.807, 2.05) is 6.07 Å². The second kappa shape index (κ2) is 7.58. The van der Waals surface area contributed by atoms with E-state index in [0.29, 0.717) is 24.2 Å². The normalized spacial score (nSPS) is 13.7. The van der Waals surface area contributed by atoms with Crippen LogP contribution < -0.4 is 11.1 Å². The van der Waals surface area contributed by atoms with Crippen LogP contribution in [-0.2, 0) is 11.3 Å². The molecule has 0 unspecified atom stereocenters. The lowest BCUT2D eigenvalue weighted by Gasteiger charge is -2.16. The fourth-order valence-corrected chi connectivity index (χ4v) is 3.17. The van der Waals surface area contributed by atoms with Crippen molar-refractivity contribution in [3.8, 4) is 0 Å². The Morgan fingerprint density at radius 3 is 2.65 bits per heavy atom. The second-order valence-electron chi connectivity index (χ2n) is 6.13. The van der Waals surface area contributed by atoms with E-state index in [9.17, 15) is 14.4 Å². The van der Waals surface area contributed by atoms with Gasteiger partial charge in [0.2, 0.25) is 11.8 Å². The number of halogens is 1. The number of benzene rings is 2. The summed E-state index contributed by atoms with van der Waals surface area (Å²) in [4.78, 5) is 37.2. The molecule has 1 heterocycles. The summed E-state index contributed by atoms with van der Waals surface area (Å²) in [5, 5.41) is 2.92. The molecule has 0 radical (unpaired) electrons. The van der Waals surface area contributed by atoms with E-state index in [2.05, 4.69) is 5.32 Å². The number of nitrogens with two attached hydrogens (primary N) is 1. The third kappa shape index (κ3) is 4.03. The van der Waals surface area contributed by atoms with Crippen LogP contribution in [0, 0.1) is 0 Å². The summed E-state index contributed by atoms with van der Waals surface area (Å²) >= 11 is 6.00. The van der Waals surface area contributed by atoms with Gasteiger partial charge in [0.15, 0.2) is 0 Å². The minimum absolute atomic E-state index is 0.143. The number of nitrogens with zero attached hydrogens (tertiary/aromatic N) is 1. The molecule has 1 aliphatic heterocycles. The van der Waals surface area contributed by atoms with Gasteiger partial charge in [-0.05, 0) is 42.3 Å². The molecule has 0 aromatic heterocycles. The van der Waals surface area contributed by atoms with Crippen LogP contribution in [0.4, 0.5) is 5.69 Å². The summed E-state index contributed by atoms with van der Waals surface area (Å²) in [6.45, 7) is 1.25. The van der Waals surface area contributed by atoms with Crippen molar-refractivity contribution in [3.63, 3.8) is 0 Å². The summed E-state index contributed by atoms with van der Waals surface area (Å²) < 4.78 is 0. The molecule has 3 rings (SSSR count). The van der Waals surface area contributed by atoms with Gasteiger partial charge < -0.3 is 16.0 Å². The van der Waals surface area contributed by atoms with E-state index in [0.717, 1.165) is 18.5 Å². The smallest absolute Gasteiger partial charge is 0.255 e. The molecule has 26 heavy (non-hydrogen) atoms. The van der Waals surface area contributed by atoms with Gasteiger partial charge in [0.25, 0.3) is 5.91 Å². The summed E-state index contributed by atoms with van der Waals surface area (Å²) in [7, 11) is 0. The van der Waals surface area contributed by atoms with Crippen LogP contribution in [0.2, 0.25) is 5.02 Å². The monoisotopic (exact) mass is 371 g/mol. The van der Waals surface area contributed by atoms with Crippen LogP contribution in [0.3, 0.4) is 0 Å². The van der Waals surface area contributed by atoms with Gasteiger partial charge in [-0.25, -0.2) is 0 Å². The van der Waals surface area contributed by atoms with Gasteiger partial charge in [-0.2, -0.15) is 0 Å². The molecule has 0 aliphatic carbocycles. The molecule has 6 nitrogen and oxygen atoms in total. The van der Waals surface area contributed by atoms with Crippen LogP contribution >= 0.6 is 11.6 Å². The van der Waals surface area contributed by atoms with Crippen molar-refractivity contribution >= 4 is 35.0 Å². The number of nitrogens with one attached hydrogen (secondary N) is 1. The molecule has 1 aliphatic rings. The Labute approximate surface area is 155 Å². The predicted octanol–water partition coefficient (Wildman–Crippen LogP) is 2.81. The van der Waals surface area contributed by atoms with E-state index in [1.165, 1.54) is 12.1 Å². The minimum Gasteiger partial charge on any atom is -0.366 e. The number of carbonyl (C=O) groups excluding carboxylic acids is 3. The maximum absolute atomic E-state index is 12.5. The van der Waals surface area contributed by atoms with Crippen LogP contribution in [0.25, 0.3) is 0 Å². The number of rotatable bonds is 5. The topological polar surface area (TPSA) is 92.5 Å². The van der Waals surface area contributed by atoms with Crippen LogP contribution in [0.5, 0.6) is 0 Å². The number of hydrogen-bond acceptors (Lipinski definition) is 3. The van der Waals surface area contributed by atoms with Crippen molar-refractivity contribution in [1.29, 1.82) is 0 Å². The maximum atomic E-state index is 12.5. The van der Waals surface area contributed by atoms with Gasteiger partial charge in [-0.1, -0.05) is 23.7 Å². The van der Waals surface area contributed by atoms with Gasteiger partial charge in [0.1, 0.15) is 0 Å². The first-order valence-corrected chi connectivity index (χ1v) is 8.59. The Hall–Kier alpha value is -2.86. The Morgan fingerprint density at radius 2 is 2.00 bits per heavy atom. The Balaban J connectivity index is 1.72. The number of hydrogen-bond donors (Lipinski definition) is 2. The molecule has 2 aromatic carbocycles. The molecule has 0 spiro atoms. The molecule has 0 bridgehead atoms. The average molecular weight is 372 g/mol. The maximum Gasteiger partial charge on any atom is 0.255 e. The summed E-state index contributed by atoms with van der Waals surface area (Å²) in [6.07, 6.45) is 1.46. The van der Waals surface area contributed by atoms with Crippen molar-refractivity contribution in [2.24, 2.45) is 5.73 Å². The van der Waals surface area contributed by atoms with Gasteiger partial charge in [-0.15, -0.1) is 0 Å². The zero-order valence-corrected chi connectivity index (χ0v) is 14.8. The van der Waals surface area contributed by atoms with E-state index < -0.39 is 5.91 Å². The number of carbonyl (C=O) groups is 3. The summed E-state index contributed by atoms with van der Waals surface area (Å²) in [5.74, 6) is -0.788. The van der Waals surface area contributed by atoms with Crippen molar-refractivity contribution < 1.29 is 14.4 Å². The van der Waals surface area contributed by atoms with E-state index >= 15 is 0 Å². The first kappa shape index (κ1) is 17.9. The number of amides is 3. The molecule has 0 atom stereocenters. The lowest BCUT2D eigenvalue weighted by atomic mass is 10.1. The van der Waals surface area contributed by atoms with Gasteiger partial charge in [0.05, 0.1) is 10.6 Å². The lowest BCUT2D eigenvalue weighted by molar-refractivity contribution is -0.128. The zero-order chi connectivity index (χ0) is 18.7. The molecule has 3 amide bonds. The first-order valence-electron chi connectivity index (χ1n) is 8.21. The number of primary amides is 1. The van der Waals surface area contributed by atoms with Gasteiger partial charge in [0, 0.05) is 30.8 Å². The SMILES string of the molecule is NC(=O)c1ccc(NC(=O)c2cccc(CN3CCCC3=O)c2)cc1Cl. The standard InChI is InChI=1S/C19H18ClN3O3/c20-16-10-14(6-7-15(16)18(21)25)22-19(26)13-4-1-3-12(9-13)11-23-8-2-5-17(23)24/h1,3-4,6-7,9-10H,2,5,8,11H2,(H2,21,25)(H,22,26). The molecule has 1 fully saturated rings. The molecule has 2 aromatic rings. The van der Waals surface area contributed by atoms with Crippen molar-refractivity contribution in [3.05, 3.63) is 64.2 Å². The fraction of sp³-hybridized carbons (Fsp3) is 0.211. The average Bonchev–Trinajstić information content (AvgIpc) is 2.99.